The number of carbonyl (C=O) groups is 1. The van der Waals surface area contributed by atoms with E-state index in [0.717, 1.165) is 10.6 Å². The van der Waals surface area contributed by atoms with Gasteiger partial charge in [-0.1, -0.05) is 13.3 Å². The number of carbonyl (C=O) groups excluding carboxylic acids is 1. The van der Waals surface area contributed by atoms with Gasteiger partial charge in [-0.3, -0.25) is 4.79 Å². The van der Waals surface area contributed by atoms with Gasteiger partial charge in [0, 0.05) is 17.8 Å². The Morgan fingerprint density at radius 3 is 2.60 bits per heavy atom. The molecule has 0 aliphatic rings. The van der Waals surface area contributed by atoms with E-state index in [4.69, 9.17) is 10.5 Å². The fourth-order valence-electron chi connectivity index (χ4n) is 3.21. The summed E-state index contributed by atoms with van der Waals surface area (Å²) < 4.78 is 36.9. The van der Waals surface area contributed by atoms with Crippen LogP contribution in [0, 0.1) is 11.6 Å². The number of ether oxygens (including phenoxy) is 1. The molecule has 0 unspecified atom stereocenters. The lowest BCUT2D eigenvalue weighted by Crippen LogP contribution is -2.30. The van der Waals surface area contributed by atoms with Crippen LogP contribution in [-0.4, -0.2) is 25.8 Å². The summed E-state index contributed by atoms with van der Waals surface area (Å²) in [5, 5.41) is 0. The molecule has 0 bridgehead atoms. The maximum atomic E-state index is 14.8. The van der Waals surface area contributed by atoms with E-state index < -0.39 is 28.9 Å². The zero-order valence-corrected chi connectivity index (χ0v) is 17.3. The molecule has 0 aliphatic heterocycles. The van der Waals surface area contributed by atoms with E-state index in [1.165, 1.54) is 16.8 Å². The summed E-state index contributed by atoms with van der Waals surface area (Å²) in [6.45, 7) is 6.69. The molecule has 0 fully saturated rings. The molecule has 30 heavy (non-hydrogen) atoms. The molecular formula is C21H24F2N4O3. The van der Waals surface area contributed by atoms with Gasteiger partial charge < -0.3 is 15.0 Å². The number of imidazole rings is 1. The molecule has 160 valence electrons. The van der Waals surface area contributed by atoms with Gasteiger partial charge >= 0.3 is 6.09 Å². The first-order valence-electron chi connectivity index (χ1n) is 9.60. The normalized spacial score (nSPS) is 11.8. The van der Waals surface area contributed by atoms with Crippen LogP contribution in [0.3, 0.4) is 0 Å². The topological polar surface area (TPSA) is 92.1 Å². The molecule has 1 aromatic carbocycles. The van der Waals surface area contributed by atoms with Gasteiger partial charge in [-0.2, -0.15) is 0 Å². The maximum absolute atomic E-state index is 14.8. The van der Waals surface area contributed by atoms with Crippen molar-refractivity contribution < 1.29 is 18.3 Å². The highest BCUT2D eigenvalue weighted by Crippen LogP contribution is 2.28. The van der Waals surface area contributed by atoms with E-state index in [1.807, 2.05) is 6.92 Å². The maximum Gasteiger partial charge on any atom is 0.420 e. The number of fused-ring (bicyclic) bond motifs is 1. The minimum atomic E-state index is -0.938. The number of aryl methyl sites for hydroxylation is 1. The van der Waals surface area contributed by atoms with Crippen molar-refractivity contribution in [3.05, 3.63) is 57.8 Å². The van der Waals surface area contributed by atoms with Crippen LogP contribution in [0.5, 0.6) is 0 Å². The molecule has 2 N–H and O–H groups in total. The van der Waals surface area contributed by atoms with Crippen LogP contribution in [0.1, 0.15) is 45.5 Å². The second-order valence-corrected chi connectivity index (χ2v) is 8.01. The minimum Gasteiger partial charge on any atom is -0.443 e. The van der Waals surface area contributed by atoms with Crippen molar-refractivity contribution in [2.24, 2.45) is 0 Å². The van der Waals surface area contributed by atoms with Crippen molar-refractivity contribution in [2.75, 3.05) is 5.73 Å². The molecule has 0 radical (unpaired) electrons. The second kappa shape index (κ2) is 7.89. The van der Waals surface area contributed by atoms with E-state index in [9.17, 15) is 18.4 Å². The summed E-state index contributed by atoms with van der Waals surface area (Å²) in [7, 11) is 0. The van der Waals surface area contributed by atoms with Crippen LogP contribution in [0.15, 0.2) is 29.2 Å². The van der Waals surface area contributed by atoms with Gasteiger partial charge in [0.2, 0.25) is 0 Å². The Bertz CT molecular complexity index is 1180. The SMILES string of the molecule is CCCc1c(F)cc(F)c2c1nc(Cn1cccc(N)c1=O)n2C(=O)OC(C)(C)C. The first kappa shape index (κ1) is 21.5. The highest BCUT2D eigenvalue weighted by atomic mass is 19.1. The van der Waals surface area contributed by atoms with Crippen LogP contribution in [0.4, 0.5) is 19.3 Å². The highest BCUT2D eigenvalue weighted by Gasteiger charge is 2.27. The third-order valence-corrected chi connectivity index (χ3v) is 4.44. The number of benzene rings is 1. The lowest BCUT2D eigenvalue weighted by molar-refractivity contribution is 0.0537. The first-order chi connectivity index (χ1) is 14.0. The molecule has 7 nitrogen and oxygen atoms in total. The zero-order chi connectivity index (χ0) is 22.2. The molecule has 0 saturated carbocycles. The molecule has 3 aromatic rings. The molecule has 3 rings (SSSR count). The van der Waals surface area contributed by atoms with E-state index in [0.29, 0.717) is 12.8 Å². The summed E-state index contributed by atoms with van der Waals surface area (Å²) in [6, 6.07) is 3.76. The molecule has 9 heteroatoms. The fraction of sp³-hybridized carbons (Fsp3) is 0.381. The molecule has 2 heterocycles. The number of nitrogen functional groups attached to an aromatic ring is 1. The summed E-state index contributed by atoms with van der Waals surface area (Å²) in [6.07, 6.45) is 1.51. The molecule has 2 aromatic heterocycles. The predicted molar refractivity (Wildman–Crippen MR) is 109 cm³/mol. The van der Waals surface area contributed by atoms with Crippen LogP contribution in [-0.2, 0) is 17.7 Å². The lowest BCUT2D eigenvalue weighted by Gasteiger charge is -2.20. The number of nitrogens with zero attached hydrogens (tertiary/aromatic N) is 3. The third-order valence-electron chi connectivity index (χ3n) is 4.44. The van der Waals surface area contributed by atoms with Crippen molar-refractivity contribution >= 4 is 22.8 Å². The van der Waals surface area contributed by atoms with Crippen LogP contribution < -0.4 is 11.3 Å². The summed E-state index contributed by atoms with van der Waals surface area (Å²) in [5.74, 6) is -1.64. The second-order valence-electron chi connectivity index (χ2n) is 8.01. The van der Waals surface area contributed by atoms with E-state index in [2.05, 4.69) is 4.98 Å². The lowest BCUT2D eigenvalue weighted by atomic mass is 10.1. The Labute approximate surface area is 172 Å². The van der Waals surface area contributed by atoms with Crippen LogP contribution in [0.2, 0.25) is 0 Å². The number of hydrogen-bond acceptors (Lipinski definition) is 5. The number of halogens is 2. The molecule has 0 atom stereocenters. The first-order valence-corrected chi connectivity index (χ1v) is 9.60. The Balaban J connectivity index is 2.29. The monoisotopic (exact) mass is 418 g/mol. The molecule has 0 amide bonds. The number of rotatable bonds is 4. The van der Waals surface area contributed by atoms with Gasteiger partial charge in [0.05, 0.1) is 17.7 Å². The van der Waals surface area contributed by atoms with E-state index in [-0.39, 0.29) is 34.7 Å². The standard InChI is InChI=1S/C21H24F2N4O3/c1-5-7-12-13(22)10-14(23)18-17(12)25-16(27(18)20(29)30-21(2,3)4)11-26-9-6-8-15(24)19(26)28/h6,8-10H,5,7,11,24H2,1-4H3. The molecular weight excluding hydrogens is 394 g/mol. The van der Waals surface area contributed by atoms with Gasteiger partial charge in [-0.25, -0.2) is 23.1 Å². The molecule has 0 spiro atoms. The smallest absolute Gasteiger partial charge is 0.420 e. The molecule has 0 saturated heterocycles. The van der Waals surface area contributed by atoms with Gasteiger partial charge in [0.25, 0.3) is 5.56 Å². The summed E-state index contributed by atoms with van der Waals surface area (Å²) in [4.78, 5) is 29.6. The van der Waals surface area contributed by atoms with Crippen molar-refractivity contribution in [1.29, 1.82) is 0 Å². The van der Waals surface area contributed by atoms with Gasteiger partial charge in [0.1, 0.15) is 22.8 Å². The minimum absolute atomic E-state index is 0.0151. The van der Waals surface area contributed by atoms with Crippen molar-refractivity contribution in [3.8, 4) is 0 Å². The average molecular weight is 418 g/mol. The van der Waals surface area contributed by atoms with E-state index >= 15 is 0 Å². The Kier molecular flexibility index (Phi) is 5.65. The fourth-order valence-corrected chi connectivity index (χ4v) is 3.21. The number of aromatic nitrogens is 3. The number of hydrogen-bond donors (Lipinski definition) is 1. The summed E-state index contributed by atoms with van der Waals surface area (Å²) in [5.41, 5.74) is 4.41. The molecule has 0 aliphatic carbocycles. The Hall–Kier alpha value is -3.23. The summed E-state index contributed by atoms with van der Waals surface area (Å²) >= 11 is 0. The number of nitrogens with two attached hydrogens (primary N) is 1. The number of pyridine rings is 1. The third kappa shape index (κ3) is 4.05. The van der Waals surface area contributed by atoms with Gasteiger partial charge in [-0.15, -0.1) is 0 Å². The number of anilines is 1. The largest absolute Gasteiger partial charge is 0.443 e. The predicted octanol–water partition coefficient (Wildman–Crippen LogP) is 3.84. The van der Waals surface area contributed by atoms with Gasteiger partial charge in [0.15, 0.2) is 5.82 Å². The average Bonchev–Trinajstić information content (AvgIpc) is 3.01. The van der Waals surface area contributed by atoms with Crippen LogP contribution >= 0.6 is 0 Å². The highest BCUT2D eigenvalue weighted by molar-refractivity contribution is 5.90. The van der Waals surface area contributed by atoms with Crippen molar-refractivity contribution in [2.45, 2.75) is 52.7 Å². The van der Waals surface area contributed by atoms with Crippen LogP contribution in [0.25, 0.3) is 11.0 Å². The zero-order valence-electron chi connectivity index (χ0n) is 17.3. The Morgan fingerprint density at radius 1 is 1.27 bits per heavy atom. The van der Waals surface area contributed by atoms with Crippen molar-refractivity contribution in [3.63, 3.8) is 0 Å². The quantitative estimate of drug-likeness (QED) is 0.695. The van der Waals surface area contributed by atoms with Gasteiger partial charge in [-0.05, 0) is 39.3 Å². The van der Waals surface area contributed by atoms with Crippen molar-refractivity contribution in [1.82, 2.24) is 14.1 Å². The Morgan fingerprint density at radius 2 is 1.97 bits per heavy atom. The van der Waals surface area contributed by atoms with E-state index in [1.54, 1.807) is 26.8 Å².